The number of oxazole rings is 1. The van der Waals surface area contributed by atoms with Crippen molar-refractivity contribution in [1.82, 2.24) is 15.2 Å². The van der Waals surface area contributed by atoms with Crippen LogP contribution < -0.4 is 11.1 Å². The molecule has 3 heterocycles. The summed E-state index contributed by atoms with van der Waals surface area (Å²) in [6.07, 6.45) is 1.71. The number of nitrogens with one attached hydrogen (secondary N) is 2. The molecule has 4 aromatic rings. The third-order valence-corrected chi connectivity index (χ3v) is 5.35. The van der Waals surface area contributed by atoms with Crippen molar-refractivity contribution in [2.45, 2.75) is 13.0 Å². The molecule has 0 spiro atoms. The maximum Gasteiger partial charge on any atom is 0.417 e. The summed E-state index contributed by atoms with van der Waals surface area (Å²) < 4.78 is 24.6. The number of halogens is 1. The number of H-pyrrole nitrogens is 1. The Balaban J connectivity index is 0.000000601. The molecule has 1 aliphatic heterocycles. The number of carbonyl (C=O) groups is 1. The summed E-state index contributed by atoms with van der Waals surface area (Å²) in [6.45, 7) is 4.62. The van der Waals surface area contributed by atoms with Crippen molar-refractivity contribution >= 4 is 17.1 Å². The Kier molecular flexibility index (Phi) is 6.71. The van der Waals surface area contributed by atoms with Crippen molar-refractivity contribution < 1.29 is 23.1 Å². The highest BCUT2D eigenvalue weighted by Gasteiger charge is 2.27. The summed E-state index contributed by atoms with van der Waals surface area (Å²) in [5, 5.41) is 10.8. The largest absolute Gasteiger partial charge is 0.481 e. The lowest BCUT2D eigenvalue weighted by molar-refractivity contribution is -0.134. The first-order valence-corrected chi connectivity index (χ1v) is 10.5. The topological polar surface area (TPSA) is 112 Å². The number of aromatic nitrogens is 1. The monoisotopic (exact) mass is 453 g/mol. The van der Waals surface area contributed by atoms with E-state index in [-0.39, 0.29) is 11.9 Å². The highest BCUT2D eigenvalue weighted by Crippen LogP contribution is 2.34. The second-order valence-electron chi connectivity index (χ2n) is 7.72. The van der Waals surface area contributed by atoms with Gasteiger partial charge in [-0.05, 0) is 41.5 Å². The smallest absolute Gasteiger partial charge is 0.417 e. The molecule has 1 fully saturated rings. The standard InChI is InChI=1S/C22H20FN3O3.C2H4O2/c23-17-4-1-14(2-5-17)21(26-9-7-24-8-10-26)20-12-16(13-28-20)15-3-6-18-19(11-15)29-22(27)25-18;1-2(3)4/h1-6,11-13,21,24H,7-10H2,(H,25,27);1H3,(H,3,4). The van der Waals surface area contributed by atoms with Gasteiger partial charge in [-0.15, -0.1) is 0 Å². The fraction of sp³-hybridized carbons (Fsp3) is 0.250. The minimum atomic E-state index is -0.833. The minimum Gasteiger partial charge on any atom is -0.481 e. The van der Waals surface area contributed by atoms with Crippen LogP contribution in [0.15, 0.2) is 68.4 Å². The summed E-state index contributed by atoms with van der Waals surface area (Å²) in [5.74, 6) is -0.765. The Bertz CT molecular complexity index is 1280. The third kappa shape index (κ3) is 5.39. The molecule has 0 amide bonds. The average molecular weight is 453 g/mol. The fourth-order valence-corrected chi connectivity index (χ4v) is 3.91. The quantitative estimate of drug-likeness (QED) is 0.433. The van der Waals surface area contributed by atoms with Gasteiger partial charge in [-0.1, -0.05) is 18.2 Å². The highest BCUT2D eigenvalue weighted by atomic mass is 19.1. The van der Waals surface area contributed by atoms with Crippen molar-refractivity contribution in [2.75, 3.05) is 26.2 Å². The number of aromatic amines is 1. The zero-order chi connectivity index (χ0) is 23.4. The number of nitrogens with zero attached hydrogens (tertiary/aromatic N) is 1. The Morgan fingerprint density at radius 1 is 1.09 bits per heavy atom. The molecule has 33 heavy (non-hydrogen) atoms. The number of carboxylic acids is 1. The number of hydrogen-bond donors (Lipinski definition) is 3. The number of aliphatic carboxylic acids is 1. The Labute approximate surface area is 188 Å². The molecule has 0 radical (unpaired) electrons. The molecule has 3 N–H and O–H groups in total. The van der Waals surface area contributed by atoms with E-state index in [1.807, 2.05) is 36.4 Å². The summed E-state index contributed by atoms with van der Waals surface area (Å²) >= 11 is 0. The molecule has 8 nitrogen and oxygen atoms in total. The van der Waals surface area contributed by atoms with E-state index in [4.69, 9.17) is 18.7 Å². The zero-order valence-electron chi connectivity index (χ0n) is 18.0. The number of hydrogen-bond acceptors (Lipinski definition) is 6. The highest BCUT2D eigenvalue weighted by molar-refractivity contribution is 5.79. The Hall–Kier alpha value is -3.69. The van der Waals surface area contributed by atoms with Crippen molar-refractivity contribution in [3.8, 4) is 11.1 Å². The summed E-state index contributed by atoms with van der Waals surface area (Å²) in [5.41, 5.74) is 3.95. The molecule has 1 aliphatic rings. The number of benzene rings is 2. The number of furan rings is 1. The maximum atomic E-state index is 13.5. The molecule has 5 rings (SSSR count). The van der Waals surface area contributed by atoms with Crippen LogP contribution in [-0.4, -0.2) is 47.1 Å². The minimum absolute atomic E-state index is 0.0969. The van der Waals surface area contributed by atoms with Crippen molar-refractivity contribution in [3.05, 3.63) is 82.5 Å². The second-order valence-corrected chi connectivity index (χ2v) is 7.72. The molecule has 0 bridgehead atoms. The van der Waals surface area contributed by atoms with Gasteiger partial charge in [-0.25, -0.2) is 9.18 Å². The van der Waals surface area contributed by atoms with Gasteiger partial charge >= 0.3 is 5.76 Å². The van der Waals surface area contributed by atoms with Crippen LogP contribution in [0, 0.1) is 5.82 Å². The van der Waals surface area contributed by atoms with Gasteiger partial charge in [-0.3, -0.25) is 14.7 Å². The Morgan fingerprint density at radius 2 is 1.79 bits per heavy atom. The van der Waals surface area contributed by atoms with Crippen LogP contribution in [0.2, 0.25) is 0 Å². The van der Waals surface area contributed by atoms with E-state index >= 15 is 0 Å². The van der Waals surface area contributed by atoms with E-state index in [2.05, 4.69) is 15.2 Å². The van der Waals surface area contributed by atoms with Crippen LogP contribution in [0.3, 0.4) is 0 Å². The van der Waals surface area contributed by atoms with Gasteiger partial charge < -0.3 is 19.3 Å². The molecule has 1 saturated heterocycles. The van der Waals surface area contributed by atoms with E-state index in [0.29, 0.717) is 11.1 Å². The molecular formula is C24H24FN3O5. The number of piperazine rings is 1. The first kappa shape index (κ1) is 22.5. The normalized spacial score (nSPS) is 15.1. The molecule has 0 aliphatic carbocycles. The first-order chi connectivity index (χ1) is 15.9. The number of fused-ring (bicyclic) bond motifs is 1. The van der Waals surface area contributed by atoms with Gasteiger partial charge in [0.15, 0.2) is 5.58 Å². The average Bonchev–Trinajstić information content (AvgIpc) is 3.41. The van der Waals surface area contributed by atoms with E-state index in [1.54, 1.807) is 6.26 Å². The number of rotatable bonds is 4. The first-order valence-electron chi connectivity index (χ1n) is 10.5. The predicted molar refractivity (Wildman–Crippen MR) is 121 cm³/mol. The molecular weight excluding hydrogens is 429 g/mol. The number of carboxylic acid groups (broad SMARTS) is 1. The van der Waals surface area contributed by atoms with Gasteiger partial charge in [0.25, 0.3) is 5.97 Å². The van der Waals surface area contributed by atoms with Crippen LogP contribution >= 0.6 is 0 Å². The molecule has 9 heteroatoms. The summed E-state index contributed by atoms with van der Waals surface area (Å²) in [4.78, 5) is 25.4. The van der Waals surface area contributed by atoms with Crippen LogP contribution in [0.1, 0.15) is 24.3 Å². The maximum absolute atomic E-state index is 13.5. The molecule has 1 atom stereocenters. The van der Waals surface area contributed by atoms with Crippen molar-refractivity contribution in [2.24, 2.45) is 0 Å². The van der Waals surface area contributed by atoms with Crippen molar-refractivity contribution in [3.63, 3.8) is 0 Å². The zero-order valence-corrected chi connectivity index (χ0v) is 18.0. The van der Waals surface area contributed by atoms with Gasteiger partial charge in [0.1, 0.15) is 11.6 Å². The third-order valence-electron chi connectivity index (χ3n) is 5.35. The molecule has 172 valence electrons. The summed E-state index contributed by atoms with van der Waals surface area (Å²) in [6, 6.07) is 14.0. The van der Waals surface area contributed by atoms with Gasteiger partial charge in [0.2, 0.25) is 0 Å². The fourth-order valence-electron chi connectivity index (χ4n) is 3.91. The van der Waals surface area contributed by atoms with Crippen LogP contribution in [0.4, 0.5) is 4.39 Å². The molecule has 1 unspecified atom stereocenters. The van der Waals surface area contributed by atoms with E-state index < -0.39 is 11.7 Å². The SMILES string of the molecule is CC(=O)O.O=c1[nH]c2ccc(-c3coc(C(c4ccc(F)cc4)N4CCNCC4)c3)cc2o1. The Morgan fingerprint density at radius 3 is 2.48 bits per heavy atom. The van der Waals surface area contributed by atoms with E-state index in [0.717, 1.165) is 55.6 Å². The lowest BCUT2D eigenvalue weighted by Gasteiger charge is -2.34. The lowest BCUT2D eigenvalue weighted by Crippen LogP contribution is -2.45. The van der Waals surface area contributed by atoms with Gasteiger partial charge in [0.05, 0.1) is 17.8 Å². The van der Waals surface area contributed by atoms with Gasteiger partial charge in [0, 0.05) is 38.7 Å². The molecule has 2 aromatic carbocycles. The van der Waals surface area contributed by atoms with Crippen LogP contribution in [-0.2, 0) is 4.79 Å². The van der Waals surface area contributed by atoms with E-state index in [9.17, 15) is 9.18 Å². The van der Waals surface area contributed by atoms with E-state index in [1.165, 1.54) is 12.1 Å². The van der Waals surface area contributed by atoms with Crippen LogP contribution in [0.25, 0.3) is 22.2 Å². The van der Waals surface area contributed by atoms with Gasteiger partial charge in [-0.2, -0.15) is 0 Å². The lowest BCUT2D eigenvalue weighted by atomic mass is 10.0. The molecule has 2 aromatic heterocycles. The van der Waals surface area contributed by atoms with Crippen molar-refractivity contribution in [1.29, 1.82) is 0 Å². The van der Waals surface area contributed by atoms with Crippen LogP contribution in [0.5, 0.6) is 0 Å². The summed E-state index contributed by atoms with van der Waals surface area (Å²) in [7, 11) is 0. The molecule has 0 saturated carbocycles. The second kappa shape index (κ2) is 9.85. The predicted octanol–water partition coefficient (Wildman–Crippen LogP) is 3.61.